The molecule has 3 nitrogen and oxygen atoms in total. The van der Waals surface area contributed by atoms with Crippen LogP contribution in [-0.4, -0.2) is 13.2 Å². The molecule has 0 spiro atoms. The van der Waals surface area contributed by atoms with Crippen molar-refractivity contribution in [2.24, 2.45) is 0 Å². The molecule has 3 rings (SSSR count). The molecule has 1 atom stereocenters. The van der Waals surface area contributed by atoms with Crippen LogP contribution in [0.3, 0.4) is 0 Å². The van der Waals surface area contributed by atoms with Gasteiger partial charge >= 0.3 is 0 Å². The molecule has 100 valence electrons. The monoisotopic (exact) mass is 342 g/mol. The minimum atomic E-state index is -0.0316. The van der Waals surface area contributed by atoms with E-state index < -0.39 is 0 Å². The zero-order valence-electron chi connectivity index (χ0n) is 10.1. The van der Waals surface area contributed by atoms with Crippen molar-refractivity contribution in [1.82, 2.24) is 0 Å². The molecule has 0 saturated heterocycles. The Morgan fingerprint density at radius 2 is 1.89 bits per heavy atom. The Labute approximate surface area is 124 Å². The fraction of sp³-hybridized carbons (Fsp3) is 0.286. The lowest BCUT2D eigenvalue weighted by atomic mass is 10.1. The molecule has 0 fully saturated rings. The van der Waals surface area contributed by atoms with E-state index in [1.165, 1.54) is 0 Å². The summed E-state index contributed by atoms with van der Waals surface area (Å²) in [6, 6.07) is 5.64. The average Bonchev–Trinajstić information content (AvgIpc) is 2.84. The molecule has 2 aromatic rings. The van der Waals surface area contributed by atoms with Crippen LogP contribution in [-0.2, 0) is 0 Å². The van der Waals surface area contributed by atoms with Crippen molar-refractivity contribution in [2.75, 3.05) is 13.2 Å². The highest BCUT2D eigenvalue weighted by molar-refractivity contribution is 9.09. The summed E-state index contributed by atoms with van der Waals surface area (Å²) in [7, 11) is 0. The summed E-state index contributed by atoms with van der Waals surface area (Å²) in [5.41, 5.74) is 1.95. The number of alkyl halides is 1. The molecule has 1 aliphatic rings. The zero-order chi connectivity index (χ0) is 13.2. The van der Waals surface area contributed by atoms with Gasteiger partial charge in [0.2, 0.25) is 0 Å². The summed E-state index contributed by atoms with van der Waals surface area (Å²) >= 11 is 9.96. The zero-order valence-corrected chi connectivity index (χ0v) is 12.4. The number of ether oxygens (including phenoxy) is 2. The number of halogens is 2. The predicted molar refractivity (Wildman–Crippen MR) is 76.5 cm³/mol. The number of furan rings is 1. The highest BCUT2D eigenvalue weighted by Crippen LogP contribution is 2.42. The molecule has 0 amide bonds. The maximum absolute atomic E-state index is 6.33. The van der Waals surface area contributed by atoms with Crippen LogP contribution in [0.25, 0.3) is 0 Å². The lowest BCUT2D eigenvalue weighted by Gasteiger charge is -2.14. The first-order chi connectivity index (χ1) is 9.25. The second-order valence-corrected chi connectivity index (χ2v) is 5.61. The van der Waals surface area contributed by atoms with Crippen LogP contribution in [0.4, 0.5) is 0 Å². The number of hydrogen-bond acceptors (Lipinski definition) is 3. The molecule has 0 radical (unpaired) electrons. The van der Waals surface area contributed by atoms with Crippen LogP contribution in [0.15, 0.2) is 35.1 Å². The van der Waals surface area contributed by atoms with Gasteiger partial charge in [0, 0.05) is 23.1 Å². The number of hydrogen-bond donors (Lipinski definition) is 0. The molecule has 1 aromatic carbocycles. The topological polar surface area (TPSA) is 31.6 Å². The lowest BCUT2D eigenvalue weighted by molar-refractivity contribution is 0.297. The highest BCUT2D eigenvalue weighted by Gasteiger charge is 2.20. The first-order valence-electron chi connectivity index (χ1n) is 6.01. The van der Waals surface area contributed by atoms with Gasteiger partial charge in [-0.3, -0.25) is 0 Å². The molecule has 1 aromatic heterocycles. The Balaban J connectivity index is 2.00. The van der Waals surface area contributed by atoms with E-state index in [-0.39, 0.29) is 4.83 Å². The second kappa shape index (κ2) is 5.47. The fourth-order valence-electron chi connectivity index (χ4n) is 1.99. The van der Waals surface area contributed by atoms with Crippen LogP contribution in [0.1, 0.15) is 22.4 Å². The van der Waals surface area contributed by atoms with Gasteiger partial charge in [-0.05, 0) is 17.7 Å². The molecule has 0 N–H and O–H groups in total. The molecule has 0 aliphatic carbocycles. The molecule has 2 heterocycles. The van der Waals surface area contributed by atoms with Crippen molar-refractivity contribution >= 4 is 27.5 Å². The number of fused-ring (bicyclic) bond motifs is 1. The standard InChI is InChI=1S/C14H12BrClO3/c15-14(9-2-5-17-8-9)10-6-12-13(7-11(10)16)19-4-1-3-18-12/h2,5-8,14H,1,3-4H2. The van der Waals surface area contributed by atoms with Gasteiger partial charge in [-0.15, -0.1) is 0 Å². The van der Waals surface area contributed by atoms with Gasteiger partial charge in [0.05, 0.1) is 30.6 Å². The molecule has 1 aliphatic heterocycles. The third-order valence-corrected chi connectivity index (χ3v) is 4.32. The highest BCUT2D eigenvalue weighted by atomic mass is 79.9. The van der Waals surface area contributed by atoms with Crippen molar-refractivity contribution in [2.45, 2.75) is 11.2 Å². The Morgan fingerprint density at radius 3 is 2.58 bits per heavy atom. The maximum Gasteiger partial charge on any atom is 0.162 e. The van der Waals surface area contributed by atoms with E-state index in [0.717, 1.165) is 23.3 Å². The van der Waals surface area contributed by atoms with Crippen LogP contribution in [0.5, 0.6) is 11.5 Å². The largest absolute Gasteiger partial charge is 0.490 e. The first kappa shape index (κ1) is 12.9. The van der Waals surface area contributed by atoms with E-state index in [9.17, 15) is 0 Å². The average molecular weight is 344 g/mol. The first-order valence-corrected chi connectivity index (χ1v) is 7.30. The molecule has 0 saturated carbocycles. The molecule has 19 heavy (non-hydrogen) atoms. The van der Waals surface area contributed by atoms with Gasteiger partial charge in [0.15, 0.2) is 11.5 Å². The third-order valence-electron chi connectivity index (χ3n) is 2.98. The second-order valence-electron chi connectivity index (χ2n) is 4.29. The van der Waals surface area contributed by atoms with Crippen molar-refractivity contribution in [3.8, 4) is 11.5 Å². The molecule has 0 bridgehead atoms. The lowest BCUT2D eigenvalue weighted by Crippen LogP contribution is -1.97. The maximum atomic E-state index is 6.33. The summed E-state index contributed by atoms with van der Waals surface area (Å²) in [5.74, 6) is 1.45. The fourth-order valence-corrected chi connectivity index (χ4v) is 3.03. The van der Waals surface area contributed by atoms with E-state index in [2.05, 4.69) is 15.9 Å². The van der Waals surface area contributed by atoms with Crippen LogP contribution in [0.2, 0.25) is 5.02 Å². The summed E-state index contributed by atoms with van der Waals surface area (Å²) < 4.78 is 16.4. The Bertz CT molecular complexity index is 568. The summed E-state index contributed by atoms with van der Waals surface area (Å²) in [4.78, 5) is -0.0316. The molecular formula is C14H12BrClO3. The van der Waals surface area contributed by atoms with Gasteiger partial charge in [-0.1, -0.05) is 27.5 Å². The Hall–Kier alpha value is -1.13. The Kier molecular flexibility index (Phi) is 3.71. The summed E-state index contributed by atoms with van der Waals surface area (Å²) in [6.07, 6.45) is 4.21. The van der Waals surface area contributed by atoms with E-state index in [1.807, 2.05) is 18.2 Å². The van der Waals surface area contributed by atoms with Crippen molar-refractivity contribution in [3.05, 3.63) is 46.9 Å². The van der Waals surface area contributed by atoms with E-state index in [1.54, 1.807) is 12.5 Å². The number of benzene rings is 1. The smallest absolute Gasteiger partial charge is 0.162 e. The Morgan fingerprint density at radius 1 is 1.16 bits per heavy atom. The van der Waals surface area contributed by atoms with Crippen molar-refractivity contribution < 1.29 is 13.9 Å². The quantitative estimate of drug-likeness (QED) is 0.748. The van der Waals surface area contributed by atoms with Gasteiger partial charge in [-0.25, -0.2) is 0 Å². The molecule has 5 heteroatoms. The SMILES string of the molecule is Clc1cc2c(cc1C(Br)c1ccoc1)OCCCO2. The summed E-state index contributed by atoms with van der Waals surface area (Å²) in [6.45, 7) is 1.31. The minimum Gasteiger partial charge on any atom is -0.490 e. The molecule has 1 unspecified atom stereocenters. The van der Waals surface area contributed by atoms with Crippen molar-refractivity contribution in [1.29, 1.82) is 0 Å². The predicted octanol–water partition coefficient (Wildman–Crippen LogP) is 4.58. The normalized spacial score (nSPS) is 15.9. The van der Waals surface area contributed by atoms with Crippen LogP contribution >= 0.6 is 27.5 Å². The van der Waals surface area contributed by atoms with Gasteiger partial charge in [0.1, 0.15) is 0 Å². The number of rotatable bonds is 2. The van der Waals surface area contributed by atoms with E-state index in [0.29, 0.717) is 24.0 Å². The van der Waals surface area contributed by atoms with Gasteiger partial charge in [0.25, 0.3) is 0 Å². The van der Waals surface area contributed by atoms with Crippen LogP contribution < -0.4 is 9.47 Å². The van der Waals surface area contributed by atoms with E-state index in [4.69, 9.17) is 25.5 Å². The third kappa shape index (κ3) is 2.60. The molecular weight excluding hydrogens is 332 g/mol. The van der Waals surface area contributed by atoms with Gasteiger partial charge in [-0.2, -0.15) is 0 Å². The van der Waals surface area contributed by atoms with E-state index >= 15 is 0 Å². The van der Waals surface area contributed by atoms with Gasteiger partial charge < -0.3 is 13.9 Å². The minimum absolute atomic E-state index is 0.0316. The van der Waals surface area contributed by atoms with Crippen molar-refractivity contribution in [3.63, 3.8) is 0 Å². The van der Waals surface area contributed by atoms with Crippen LogP contribution in [0, 0.1) is 0 Å². The summed E-state index contributed by atoms with van der Waals surface area (Å²) in [5, 5.41) is 0.646.